The highest BCUT2D eigenvalue weighted by Crippen LogP contribution is 2.57. The van der Waals surface area contributed by atoms with E-state index in [9.17, 15) is 0 Å². The molecule has 2 unspecified atom stereocenters. The first-order chi connectivity index (χ1) is 14.3. The Morgan fingerprint density at radius 3 is 2.41 bits per heavy atom. The number of rotatable bonds is 8. The van der Waals surface area contributed by atoms with E-state index in [1.165, 1.54) is 62.6 Å². The van der Waals surface area contributed by atoms with Gasteiger partial charge in [-0.25, -0.2) is 0 Å². The van der Waals surface area contributed by atoms with Crippen molar-refractivity contribution in [1.29, 1.82) is 0 Å². The van der Waals surface area contributed by atoms with E-state index >= 15 is 0 Å². The van der Waals surface area contributed by atoms with Crippen molar-refractivity contribution < 1.29 is 0 Å². The van der Waals surface area contributed by atoms with Crippen molar-refractivity contribution in [2.24, 2.45) is 5.92 Å². The molecule has 0 radical (unpaired) electrons. The van der Waals surface area contributed by atoms with E-state index in [1.807, 2.05) is 0 Å². The number of hydrogen-bond donors (Lipinski definition) is 1. The van der Waals surface area contributed by atoms with Crippen LogP contribution >= 0.6 is 0 Å². The van der Waals surface area contributed by atoms with Gasteiger partial charge in [-0.05, 0) is 72.4 Å². The molecule has 0 amide bonds. The van der Waals surface area contributed by atoms with Crippen LogP contribution in [0.25, 0.3) is 5.57 Å². The Kier molecular flexibility index (Phi) is 6.23. The normalized spacial score (nSPS) is 24.1. The number of para-hydroxylation sites is 1. The molecule has 1 N–H and O–H groups in total. The highest BCUT2D eigenvalue weighted by Gasteiger charge is 2.51. The van der Waals surface area contributed by atoms with E-state index in [2.05, 4.69) is 85.9 Å². The number of fused-ring (bicyclic) bond motifs is 1. The number of allylic oxidation sites excluding steroid dienone is 3. The summed E-state index contributed by atoms with van der Waals surface area (Å²) < 4.78 is 0. The summed E-state index contributed by atoms with van der Waals surface area (Å²) >= 11 is 0. The second-order valence-corrected chi connectivity index (χ2v) is 8.74. The van der Waals surface area contributed by atoms with Gasteiger partial charge in [0.15, 0.2) is 0 Å². The molecule has 0 spiro atoms. The molecular formula is C28H35N. The van der Waals surface area contributed by atoms with Crippen molar-refractivity contribution in [3.8, 4) is 0 Å². The summed E-state index contributed by atoms with van der Waals surface area (Å²) in [4.78, 5) is 0. The zero-order valence-corrected chi connectivity index (χ0v) is 18.1. The Morgan fingerprint density at radius 2 is 1.72 bits per heavy atom. The van der Waals surface area contributed by atoms with Crippen molar-refractivity contribution in [2.75, 3.05) is 5.32 Å². The lowest BCUT2D eigenvalue weighted by molar-refractivity contribution is 0.457. The van der Waals surface area contributed by atoms with Crippen LogP contribution in [-0.4, -0.2) is 5.54 Å². The zero-order chi connectivity index (χ0) is 20.1. The lowest BCUT2D eigenvalue weighted by Crippen LogP contribution is -2.40. The summed E-state index contributed by atoms with van der Waals surface area (Å²) in [6.07, 6.45) is 12.4. The van der Waals surface area contributed by atoms with Gasteiger partial charge in [-0.3, -0.25) is 0 Å². The van der Waals surface area contributed by atoms with Crippen molar-refractivity contribution >= 4 is 11.3 Å². The molecule has 2 aromatic rings. The maximum Gasteiger partial charge on any atom is 0.0665 e. The summed E-state index contributed by atoms with van der Waals surface area (Å²) in [5.74, 6) is 0.690. The number of unbranched alkanes of at least 4 members (excludes halogenated alkanes) is 1. The molecule has 0 saturated heterocycles. The van der Waals surface area contributed by atoms with Gasteiger partial charge >= 0.3 is 0 Å². The Labute approximate surface area is 176 Å². The van der Waals surface area contributed by atoms with Crippen LogP contribution in [0.3, 0.4) is 0 Å². The zero-order valence-electron chi connectivity index (χ0n) is 18.1. The molecule has 2 aromatic carbocycles. The van der Waals surface area contributed by atoms with Crippen LogP contribution in [0.4, 0.5) is 5.69 Å². The number of hydrogen-bond acceptors (Lipinski definition) is 1. The predicted molar refractivity (Wildman–Crippen MR) is 126 cm³/mol. The van der Waals surface area contributed by atoms with E-state index in [-0.39, 0.29) is 5.54 Å². The fraction of sp³-hybridized carbons (Fsp3) is 0.429. The van der Waals surface area contributed by atoms with Gasteiger partial charge < -0.3 is 5.32 Å². The van der Waals surface area contributed by atoms with Crippen LogP contribution in [0, 0.1) is 5.92 Å². The van der Waals surface area contributed by atoms with E-state index in [1.54, 1.807) is 16.7 Å². The molecule has 0 aliphatic heterocycles. The second kappa shape index (κ2) is 9.03. The Bertz CT molecular complexity index is 862. The smallest absolute Gasteiger partial charge is 0.0665 e. The fourth-order valence-electron chi connectivity index (χ4n) is 5.60. The molecule has 1 nitrogen and oxygen atoms in total. The maximum atomic E-state index is 4.06. The third-order valence-electron chi connectivity index (χ3n) is 6.81. The largest absolute Gasteiger partial charge is 0.375 e. The van der Waals surface area contributed by atoms with Crippen LogP contribution in [0.15, 0.2) is 77.9 Å². The van der Waals surface area contributed by atoms with E-state index in [0.29, 0.717) is 5.92 Å². The lowest BCUT2D eigenvalue weighted by atomic mass is 9.80. The summed E-state index contributed by atoms with van der Waals surface area (Å²) in [7, 11) is 0. The highest BCUT2D eigenvalue weighted by atomic mass is 15.0. The number of anilines is 1. The van der Waals surface area contributed by atoms with Gasteiger partial charge in [-0.1, -0.05) is 87.7 Å². The molecule has 2 atom stereocenters. The summed E-state index contributed by atoms with van der Waals surface area (Å²) in [5.41, 5.74) is 7.56. The quantitative estimate of drug-likeness (QED) is 0.485. The first-order valence-corrected chi connectivity index (χ1v) is 11.6. The van der Waals surface area contributed by atoms with Crippen molar-refractivity contribution in [3.63, 3.8) is 0 Å². The molecular weight excluding hydrogens is 350 g/mol. The molecule has 1 heteroatoms. The molecule has 2 aliphatic carbocycles. The molecule has 0 bridgehead atoms. The van der Waals surface area contributed by atoms with Crippen LogP contribution in [0.2, 0.25) is 0 Å². The van der Waals surface area contributed by atoms with E-state index in [4.69, 9.17) is 0 Å². The minimum atomic E-state index is 0.0666. The van der Waals surface area contributed by atoms with Crippen molar-refractivity contribution in [1.82, 2.24) is 0 Å². The van der Waals surface area contributed by atoms with Crippen LogP contribution in [0.5, 0.6) is 0 Å². The van der Waals surface area contributed by atoms with Gasteiger partial charge in [0, 0.05) is 5.69 Å². The van der Waals surface area contributed by atoms with Gasteiger partial charge in [-0.15, -0.1) is 0 Å². The third kappa shape index (κ3) is 3.92. The Balaban J connectivity index is 1.86. The Morgan fingerprint density at radius 1 is 1.00 bits per heavy atom. The van der Waals surface area contributed by atoms with Crippen LogP contribution < -0.4 is 5.32 Å². The lowest BCUT2D eigenvalue weighted by Gasteiger charge is -2.36. The number of benzene rings is 2. The second-order valence-electron chi connectivity index (χ2n) is 8.74. The summed E-state index contributed by atoms with van der Waals surface area (Å²) in [5, 5.41) is 4.06. The molecule has 2 aliphatic rings. The molecule has 152 valence electrons. The molecule has 1 saturated carbocycles. The fourth-order valence-corrected chi connectivity index (χ4v) is 5.60. The van der Waals surface area contributed by atoms with Gasteiger partial charge in [-0.2, -0.15) is 0 Å². The van der Waals surface area contributed by atoms with Crippen molar-refractivity contribution in [3.05, 3.63) is 83.4 Å². The van der Waals surface area contributed by atoms with Crippen LogP contribution in [0.1, 0.15) is 70.8 Å². The summed E-state index contributed by atoms with van der Waals surface area (Å²) in [6, 6.07) is 22.1. The number of nitrogens with one attached hydrogen (secondary N) is 1. The molecule has 0 heterocycles. The monoisotopic (exact) mass is 385 g/mol. The maximum absolute atomic E-state index is 4.06. The molecule has 1 fully saturated rings. The predicted octanol–water partition coefficient (Wildman–Crippen LogP) is 8.02. The first-order valence-electron chi connectivity index (χ1n) is 11.6. The SMILES string of the molecule is CCCC=C(CCC)C1=C(c2ccccc2)C2(Nc3ccccc3)CCCC2C1. The van der Waals surface area contributed by atoms with Gasteiger partial charge in [0.05, 0.1) is 5.54 Å². The topological polar surface area (TPSA) is 12.0 Å². The third-order valence-corrected chi connectivity index (χ3v) is 6.81. The van der Waals surface area contributed by atoms with E-state index in [0.717, 1.165) is 0 Å². The molecule has 0 aromatic heterocycles. The van der Waals surface area contributed by atoms with Gasteiger partial charge in [0.1, 0.15) is 0 Å². The minimum Gasteiger partial charge on any atom is -0.375 e. The average molecular weight is 386 g/mol. The summed E-state index contributed by atoms with van der Waals surface area (Å²) in [6.45, 7) is 4.60. The van der Waals surface area contributed by atoms with E-state index < -0.39 is 0 Å². The van der Waals surface area contributed by atoms with Crippen LogP contribution in [-0.2, 0) is 0 Å². The van der Waals surface area contributed by atoms with Gasteiger partial charge in [0.25, 0.3) is 0 Å². The Hall–Kier alpha value is -2.28. The first kappa shape index (κ1) is 20.0. The minimum absolute atomic E-state index is 0.0666. The van der Waals surface area contributed by atoms with Gasteiger partial charge in [0.2, 0.25) is 0 Å². The molecule has 29 heavy (non-hydrogen) atoms. The average Bonchev–Trinajstić information content (AvgIpc) is 3.28. The van der Waals surface area contributed by atoms with Crippen molar-refractivity contribution in [2.45, 2.75) is 70.8 Å². The standard InChI is InChI=1S/C28H35N/c1-3-5-14-22(13-4-2)26-21-24-17-12-20-28(24,29-25-18-10-7-11-19-25)27(26)23-15-8-6-9-16-23/h6-11,14-16,18-19,24,29H,3-5,12-13,17,20-21H2,1-2H3. The highest BCUT2D eigenvalue weighted by molar-refractivity contribution is 5.85. The molecule has 4 rings (SSSR count).